The van der Waals surface area contributed by atoms with E-state index >= 15 is 0 Å². The summed E-state index contributed by atoms with van der Waals surface area (Å²) in [5.41, 5.74) is 3.47. The van der Waals surface area contributed by atoms with Crippen molar-refractivity contribution in [3.8, 4) is 31.5 Å². The second-order valence-electron chi connectivity index (χ2n) is 9.81. The van der Waals surface area contributed by atoms with Crippen LogP contribution in [0, 0.1) is 0 Å². The van der Waals surface area contributed by atoms with Gasteiger partial charge in [0.25, 0.3) is 0 Å². The van der Waals surface area contributed by atoms with E-state index in [1.807, 2.05) is 0 Å². The predicted molar refractivity (Wildman–Crippen MR) is 170 cm³/mol. The second-order valence-corrected chi connectivity index (χ2v) is 18.4. The van der Waals surface area contributed by atoms with E-state index in [0.29, 0.717) is 13.2 Å². The Kier molecular flexibility index (Phi) is 13.2. The quantitative estimate of drug-likeness (QED) is 0.0743. The van der Waals surface area contributed by atoms with Crippen LogP contribution in [0.5, 0.6) is 11.5 Å². The van der Waals surface area contributed by atoms with Crippen LogP contribution in [0.2, 0.25) is 0 Å². The van der Waals surface area contributed by atoms with E-state index in [0.717, 1.165) is 46.5 Å². The zero-order valence-corrected chi connectivity index (χ0v) is 29.5. The average molecular weight is 792 g/mol. The first-order valence-electron chi connectivity index (χ1n) is 14.2. The Labute approximate surface area is 261 Å². The molecule has 0 spiro atoms. The molecule has 0 N–H and O–H groups in total. The molecule has 0 aliphatic carbocycles. The molecule has 0 saturated heterocycles. The number of aromatic nitrogens is 2. The standard InChI is InChI=1S/C30H38Br2N2O3Se2/c1-3-5-7-9-11-13-19-35-29-25(21-15-17-23(31)38-21)27-28(34-37-33-27)26(22-16-18-24(32)39-22)30(29)36-20-14-12-10-8-6-4-2/h15-18H,3-14,19-20H2,1-2H3. The molecule has 0 saturated carbocycles. The van der Waals surface area contributed by atoms with Gasteiger partial charge < -0.3 is 0 Å². The fourth-order valence-electron chi connectivity index (χ4n) is 4.70. The van der Waals surface area contributed by atoms with Gasteiger partial charge in [-0.05, 0) is 0 Å². The van der Waals surface area contributed by atoms with Crippen molar-refractivity contribution in [2.75, 3.05) is 13.2 Å². The second kappa shape index (κ2) is 16.6. The molecule has 0 bridgehead atoms. The summed E-state index contributed by atoms with van der Waals surface area (Å²) >= 11 is 7.67. The van der Waals surface area contributed by atoms with Crippen LogP contribution in [0.3, 0.4) is 0 Å². The first kappa shape index (κ1) is 31.1. The van der Waals surface area contributed by atoms with Crippen LogP contribution in [-0.2, 0) is 0 Å². The molecule has 1 aromatic carbocycles. The molecule has 0 aliphatic heterocycles. The van der Waals surface area contributed by atoms with Gasteiger partial charge in [0, 0.05) is 0 Å². The van der Waals surface area contributed by atoms with Crippen LogP contribution in [0.1, 0.15) is 90.9 Å². The molecule has 3 heterocycles. The fraction of sp³-hybridized carbons (Fsp3) is 0.533. The van der Waals surface area contributed by atoms with Gasteiger partial charge in [-0.3, -0.25) is 0 Å². The minimum atomic E-state index is 0.128. The number of benzene rings is 1. The van der Waals surface area contributed by atoms with E-state index in [4.69, 9.17) is 14.1 Å². The van der Waals surface area contributed by atoms with Gasteiger partial charge in [-0.15, -0.1) is 0 Å². The number of nitrogens with zero attached hydrogens (tertiary/aromatic N) is 2. The van der Waals surface area contributed by atoms with Crippen LogP contribution in [-0.4, -0.2) is 52.5 Å². The summed E-state index contributed by atoms with van der Waals surface area (Å²) in [4.78, 5) is 0. The number of halogens is 2. The molecule has 0 radical (unpaired) electrons. The first-order chi connectivity index (χ1) is 19.1. The van der Waals surface area contributed by atoms with Crippen molar-refractivity contribution in [3.05, 3.63) is 31.0 Å². The van der Waals surface area contributed by atoms with Crippen molar-refractivity contribution in [2.24, 2.45) is 0 Å². The summed E-state index contributed by atoms with van der Waals surface area (Å²) in [5.74, 6) is 1.60. The third kappa shape index (κ3) is 8.59. The van der Waals surface area contributed by atoms with E-state index < -0.39 is 0 Å². The maximum atomic E-state index is 6.68. The van der Waals surface area contributed by atoms with Gasteiger partial charge in [0.1, 0.15) is 0 Å². The van der Waals surface area contributed by atoms with Crippen molar-refractivity contribution in [1.82, 2.24) is 10.3 Å². The zero-order valence-electron chi connectivity index (χ0n) is 22.9. The van der Waals surface area contributed by atoms with Gasteiger partial charge in [0.2, 0.25) is 0 Å². The molecule has 4 rings (SSSR count). The molecule has 4 aromatic rings. The Bertz CT molecular complexity index is 1200. The summed E-state index contributed by atoms with van der Waals surface area (Å²) in [6.07, 6.45) is 14.6. The molecule has 5 nitrogen and oxygen atoms in total. The normalized spacial score (nSPS) is 11.5. The van der Waals surface area contributed by atoms with Gasteiger partial charge in [-0.25, -0.2) is 0 Å². The predicted octanol–water partition coefficient (Wildman–Crippen LogP) is 9.67. The molecular weight excluding hydrogens is 754 g/mol. The summed E-state index contributed by atoms with van der Waals surface area (Å²) in [6, 6.07) is 8.58. The van der Waals surface area contributed by atoms with Crippen LogP contribution in [0.15, 0.2) is 35.6 Å². The molecular formula is C30H38Br2N2O3Se2. The van der Waals surface area contributed by atoms with E-state index in [-0.39, 0.29) is 29.0 Å². The zero-order chi connectivity index (χ0) is 27.5. The average Bonchev–Trinajstić information content (AvgIpc) is 3.69. The van der Waals surface area contributed by atoms with Gasteiger partial charge in [0.15, 0.2) is 0 Å². The summed E-state index contributed by atoms with van der Waals surface area (Å²) in [5, 5.41) is 8.84. The third-order valence-electron chi connectivity index (χ3n) is 6.75. The summed E-state index contributed by atoms with van der Waals surface area (Å²) in [6.45, 7) is 5.82. The fourth-order valence-corrected chi connectivity index (χ4v) is 10.0. The van der Waals surface area contributed by atoms with Crippen LogP contribution < -0.4 is 9.47 Å². The Morgan fingerprint density at radius 3 is 1.41 bits per heavy atom. The van der Waals surface area contributed by atoms with E-state index in [1.54, 1.807) is 0 Å². The molecule has 0 aliphatic rings. The molecule has 0 atom stereocenters. The SMILES string of the molecule is CCCCCCCCOc1c(OCCCCCCCC)c(-c2ccc(Br)[se]2)c2nonc2c1-c1ccc(Br)[se]1. The number of fused-ring (bicyclic) bond motifs is 1. The number of hydrogen-bond acceptors (Lipinski definition) is 5. The van der Waals surface area contributed by atoms with Crippen LogP contribution in [0.25, 0.3) is 31.0 Å². The third-order valence-corrected chi connectivity index (χ3v) is 12.7. The topological polar surface area (TPSA) is 57.4 Å². The Hall–Kier alpha value is -0.821. The molecule has 9 heteroatoms. The summed E-state index contributed by atoms with van der Waals surface area (Å²) in [7, 11) is 0. The Morgan fingerprint density at radius 2 is 1.03 bits per heavy atom. The van der Waals surface area contributed by atoms with E-state index in [1.165, 1.54) is 79.8 Å². The molecule has 3 aromatic heterocycles. The monoisotopic (exact) mass is 792 g/mol. The Balaban J connectivity index is 1.70. The Morgan fingerprint density at radius 1 is 0.615 bits per heavy atom. The van der Waals surface area contributed by atoms with Crippen molar-refractivity contribution in [3.63, 3.8) is 0 Å². The van der Waals surface area contributed by atoms with E-state index in [2.05, 4.69) is 80.3 Å². The molecule has 212 valence electrons. The van der Waals surface area contributed by atoms with Crippen LogP contribution >= 0.6 is 31.9 Å². The molecule has 0 fully saturated rings. The molecule has 0 unspecified atom stereocenters. The van der Waals surface area contributed by atoms with Crippen molar-refractivity contribution >= 4 is 71.9 Å². The molecule has 0 amide bonds. The number of ether oxygens (including phenoxy) is 2. The molecule has 39 heavy (non-hydrogen) atoms. The number of unbranched alkanes of at least 4 members (excludes halogenated alkanes) is 10. The van der Waals surface area contributed by atoms with Crippen molar-refractivity contribution in [2.45, 2.75) is 90.9 Å². The summed E-state index contributed by atoms with van der Waals surface area (Å²) < 4.78 is 23.6. The van der Waals surface area contributed by atoms with Gasteiger partial charge in [0.05, 0.1) is 0 Å². The number of rotatable bonds is 18. The van der Waals surface area contributed by atoms with Gasteiger partial charge >= 0.3 is 263 Å². The van der Waals surface area contributed by atoms with Crippen molar-refractivity contribution < 1.29 is 14.1 Å². The van der Waals surface area contributed by atoms with Gasteiger partial charge in [-0.2, -0.15) is 0 Å². The minimum absolute atomic E-state index is 0.128. The van der Waals surface area contributed by atoms with Crippen molar-refractivity contribution in [1.29, 1.82) is 0 Å². The maximum absolute atomic E-state index is 6.68. The van der Waals surface area contributed by atoms with Crippen LogP contribution in [0.4, 0.5) is 0 Å². The first-order valence-corrected chi connectivity index (χ1v) is 19.2. The van der Waals surface area contributed by atoms with E-state index in [9.17, 15) is 0 Å². The number of hydrogen-bond donors (Lipinski definition) is 0. The van der Waals surface area contributed by atoms with Gasteiger partial charge in [-0.1, -0.05) is 0 Å².